The van der Waals surface area contributed by atoms with Gasteiger partial charge in [-0.25, -0.2) is 13.2 Å². The van der Waals surface area contributed by atoms with Gasteiger partial charge >= 0.3 is 0 Å². The van der Waals surface area contributed by atoms with E-state index in [9.17, 15) is 22.8 Å². The Morgan fingerprint density at radius 3 is 2.18 bits per heavy atom. The summed E-state index contributed by atoms with van der Waals surface area (Å²) < 4.78 is 40.8. The van der Waals surface area contributed by atoms with E-state index in [-0.39, 0.29) is 30.1 Å². The topological polar surface area (TPSA) is 40.6 Å². The first-order valence-corrected chi connectivity index (χ1v) is 9.31. The number of carbonyl (C=O) groups is 2. The van der Waals surface area contributed by atoms with E-state index in [4.69, 9.17) is 0 Å². The van der Waals surface area contributed by atoms with Crippen LogP contribution >= 0.6 is 15.9 Å². The standard InChI is InChI=1S/C20H16BrF3N2O2/c21-15-3-5-16(22)13(11-15)2-6-19(27)25-7-9-26(10-8-25)20(28)14-1-4-17(23)18(24)12-14/h1-6,11-12H,7-10H2/b6-2+. The van der Waals surface area contributed by atoms with Gasteiger partial charge in [0.25, 0.3) is 5.91 Å². The highest BCUT2D eigenvalue weighted by Gasteiger charge is 2.24. The molecule has 0 N–H and O–H groups in total. The SMILES string of the molecule is O=C(/C=C/c1cc(Br)ccc1F)N1CCN(C(=O)c2ccc(F)c(F)c2)CC1. The highest BCUT2D eigenvalue weighted by molar-refractivity contribution is 9.10. The highest BCUT2D eigenvalue weighted by atomic mass is 79.9. The van der Waals surface area contributed by atoms with Crippen LogP contribution in [0.1, 0.15) is 15.9 Å². The van der Waals surface area contributed by atoms with Gasteiger partial charge < -0.3 is 9.80 Å². The lowest BCUT2D eigenvalue weighted by Gasteiger charge is -2.34. The summed E-state index contributed by atoms with van der Waals surface area (Å²) in [7, 11) is 0. The normalized spacial score (nSPS) is 14.6. The summed E-state index contributed by atoms with van der Waals surface area (Å²) in [5.74, 6) is -3.24. The molecule has 8 heteroatoms. The van der Waals surface area contributed by atoms with Crippen molar-refractivity contribution >= 4 is 33.8 Å². The van der Waals surface area contributed by atoms with Crippen molar-refractivity contribution in [3.05, 3.63) is 75.5 Å². The molecule has 0 unspecified atom stereocenters. The monoisotopic (exact) mass is 452 g/mol. The molecule has 2 amide bonds. The van der Waals surface area contributed by atoms with Gasteiger partial charge in [-0.15, -0.1) is 0 Å². The molecule has 0 radical (unpaired) electrons. The molecule has 1 aliphatic heterocycles. The van der Waals surface area contributed by atoms with Gasteiger partial charge in [0.2, 0.25) is 5.91 Å². The Balaban J connectivity index is 1.59. The minimum Gasteiger partial charge on any atom is -0.336 e. The molecule has 1 saturated heterocycles. The Kier molecular flexibility index (Phi) is 6.18. The number of hydrogen-bond donors (Lipinski definition) is 0. The first-order valence-electron chi connectivity index (χ1n) is 8.51. The van der Waals surface area contributed by atoms with Crippen molar-refractivity contribution in [3.8, 4) is 0 Å². The Hall–Kier alpha value is -2.61. The number of carbonyl (C=O) groups excluding carboxylic acids is 2. The molecule has 3 rings (SSSR count). The van der Waals surface area contributed by atoms with Gasteiger partial charge in [-0.2, -0.15) is 0 Å². The largest absolute Gasteiger partial charge is 0.336 e. The maximum absolute atomic E-state index is 13.7. The predicted molar refractivity (Wildman–Crippen MR) is 102 cm³/mol. The van der Waals surface area contributed by atoms with Crippen molar-refractivity contribution in [1.82, 2.24) is 9.80 Å². The zero-order valence-electron chi connectivity index (χ0n) is 14.7. The number of rotatable bonds is 3. The van der Waals surface area contributed by atoms with E-state index in [0.717, 1.165) is 12.1 Å². The fraction of sp³-hybridized carbons (Fsp3) is 0.200. The quantitative estimate of drug-likeness (QED) is 0.663. The maximum Gasteiger partial charge on any atom is 0.254 e. The number of benzene rings is 2. The van der Waals surface area contributed by atoms with Gasteiger partial charge in [0, 0.05) is 47.9 Å². The van der Waals surface area contributed by atoms with Gasteiger partial charge in [-0.3, -0.25) is 9.59 Å². The molecule has 0 aromatic heterocycles. The predicted octanol–water partition coefficient (Wildman–Crippen LogP) is 3.86. The molecule has 2 aromatic carbocycles. The van der Waals surface area contributed by atoms with Crippen LogP contribution in [0.5, 0.6) is 0 Å². The number of piperazine rings is 1. The Morgan fingerprint density at radius 2 is 1.50 bits per heavy atom. The number of hydrogen-bond acceptors (Lipinski definition) is 2. The van der Waals surface area contributed by atoms with Crippen LogP contribution in [0, 0.1) is 17.5 Å². The fourth-order valence-corrected chi connectivity index (χ4v) is 3.23. The molecule has 0 spiro atoms. The molecule has 0 aliphatic carbocycles. The molecule has 0 atom stereocenters. The van der Waals surface area contributed by atoms with Crippen LogP contribution in [0.3, 0.4) is 0 Å². The molecule has 1 aliphatic rings. The molecule has 4 nitrogen and oxygen atoms in total. The van der Waals surface area contributed by atoms with Crippen molar-refractivity contribution in [1.29, 1.82) is 0 Å². The molecule has 2 aromatic rings. The van der Waals surface area contributed by atoms with Gasteiger partial charge in [-0.05, 0) is 42.5 Å². The Labute approximate surface area is 168 Å². The van der Waals surface area contributed by atoms with E-state index in [2.05, 4.69) is 15.9 Å². The highest BCUT2D eigenvalue weighted by Crippen LogP contribution is 2.17. The number of halogens is 4. The van der Waals surface area contributed by atoms with E-state index in [1.54, 1.807) is 17.0 Å². The van der Waals surface area contributed by atoms with Crippen LogP contribution in [0.2, 0.25) is 0 Å². The summed E-state index contributed by atoms with van der Waals surface area (Å²) >= 11 is 3.25. The summed E-state index contributed by atoms with van der Waals surface area (Å²) in [5, 5.41) is 0. The van der Waals surface area contributed by atoms with Crippen molar-refractivity contribution in [2.24, 2.45) is 0 Å². The van der Waals surface area contributed by atoms with Gasteiger partial charge in [0.15, 0.2) is 11.6 Å². The zero-order chi connectivity index (χ0) is 20.3. The molecule has 0 bridgehead atoms. The fourth-order valence-electron chi connectivity index (χ4n) is 2.85. The minimum absolute atomic E-state index is 0.0590. The second-order valence-corrected chi connectivity index (χ2v) is 7.16. The third-order valence-electron chi connectivity index (χ3n) is 4.41. The lowest BCUT2D eigenvalue weighted by atomic mass is 10.1. The second kappa shape index (κ2) is 8.60. The van der Waals surface area contributed by atoms with Crippen LogP contribution in [0.15, 0.2) is 46.9 Å². The van der Waals surface area contributed by atoms with Crippen LogP contribution in [0.4, 0.5) is 13.2 Å². The van der Waals surface area contributed by atoms with Gasteiger partial charge in [-0.1, -0.05) is 15.9 Å². The first kappa shape index (κ1) is 20.1. The summed E-state index contributed by atoms with van der Waals surface area (Å²) in [6.45, 7) is 1.12. The van der Waals surface area contributed by atoms with Crippen LogP contribution < -0.4 is 0 Å². The van der Waals surface area contributed by atoms with E-state index in [0.29, 0.717) is 17.6 Å². The Bertz CT molecular complexity index is 941. The molecule has 28 heavy (non-hydrogen) atoms. The molecule has 1 heterocycles. The second-order valence-electron chi connectivity index (χ2n) is 6.25. The Morgan fingerprint density at radius 1 is 0.857 bits per heavy atom. The molecule has 146 valence electrons. The van der Waals surface area contributed by atoms with E-state index >= 15 is 0 Å². The third kappa shape index (κ3) is 4.62. The van der Waals surface area contributed by atoms with Crippen LogP contribution in [0.25, 0.3) is 6.08 Å². The van der Waals surface area contributed by atoms with E-state index < -0.39 is 23.4 Å². The van der Waals surface area contributed by atoms with Gasteiger partial charge in [0.1, 0.15) is 5.82 Å². The van der Waals surface area contributed by atoms with Crippen LogP contribution in [-0.4, -0.2) is 47.8 Å². The molecular formula is C20H16BrF3N2O2. The summed E-state index contributed by atoms with van der Waals surface area (Å²) in [4.78, 5) is 27.7. The molecule has 1 fully saturated rings. The van der Waals surface area contributed by atoms with Crippen molar-refractivity contribution in [2.75, 3.05) is 26.2 Å². The number of nitrogens with zero attached hydrogens (tertiary/aromatic N) is 2. The minimum atomic E-state index is -1.08. The van der Waals surface area contributed by atoms with Crippen molar-refractivity contribution < 1.29 is 22.8 Å². The summed E-state index contributed by atoms with van der Waals surface area (Å²) in [6.07, 6.45) is 2.69. The average molecular weight is 453 g/mol. The van der Waals surface area contributed by atoms with Crippen molar-refractivity contribution in [3.63, 3.8) is 0 Å². The van der Waals surface area contributed by atoms with Crippen molar-refractivity contribution in [2.45, 2.75) is 0 Å². The smallest absolute Gasteiger partial charge is 0.254 e. The lowest BCUT2D eigenvalue weighted by molar-refractivity contribution is -0.127. The molecular weight excluding hydrogens is 437 g/mol. The third-order valence-corrected chi connectivity index (χ3v) is 4.90. The number of amides is 2. The molecule has 0 saturated carbocycles. The average Bonchev–Trinajstić information content (AvgIpc) is 2.70. The summed E-state index contributed by atoms with van der Waals surface area (Å²) in [5.41, 5.74) is 0.346. The lowest BCUT2D eigenvalue weighted by Crippen LogP contribution is -2.50. The zero-order valence-corrected chi connectivity index (χ0v) is 16.3. The van der Waals surface area contributed by atoms with Gasteiger partial charge in [0.05, 0.1) is 0 Å². The maximum atomic E-state index is 13.7. The first-order chi connectivity index (χ1) is 13.3. The summed E-state index contributed by atoms with van der Waals surface area (Å²) in [6, 6.07) is 7.44. The van der Waals surface area contributed by atoms with Crippen LogP contribution in [-0.2, 0) is 4.79 Å². The van der Waals surface area contributed by atoms with E-state index in [1.165, 1.54) is 29.2 Å². The van der Waals surface area contributed by atoms with E-state index in [1.807, 2.05) is 0 Å².